The molecule has 0 unspecified atom stereocenters. The molecule has 2 aromatic heterocycles. The highest BCUT2D eigenvalue weighted by Crippen LogP contribution is 2.40. The van der Waals surface area contributed by atoms with Gasteiger partial charge in [-0.2, -0.15) is 10.2 Å². The fourth-order valence-electron chi connectivity index (χ4n) is 4.31. The molecule has 2 N–H and O–H groups in total. The van der Waals surface area contributed by atoms with E-state index in [1.54, 1.807) is 41.6 Å². The lowest BCUT2D eigenvalue weighted by molar-refractivity contribution is 0.0148. The molecule has 3 heterocycles. The van der Waals surface area contributed by atoms with E-state index in [-0.39, 0.29) is 24.3 Å². The summed E-state index contributed by atoms with van der Waals surface area (Å²) in [5.41, 5.74) is 0.00791. The number of carbonyl (C=O) groups excluding carboxylic acids is 1. The Morgan fingerprint density at radius 2 is 2.03 bits per heavy atom. The van der Waals surface area contributed by atoms with Crippen molar-refractivity contribution in [3.63, 3.8) is 0 Å². The fraction of sp³-hybridized carbons (Fsp3) is 0.381. The number of carbonyl (C=O) groups is 1. The molecule has 1 aliphatic heterocycles. The molecule has 1 saturated carbocycles. The first kappa shape index (κ1) is 21.2. The van der Waals surface area contributed by atoms with Crippen LogP contribution in [0.1, 0.15) is 25.7 Å². The molecule has 0 atom stereocenters. The van der Waals surface area contributed by atoms with Gasteiger partial charge in [0.15, 0.2) is 5.82 Å². The highest BCUT2D eigenvalue weighted by atomic mass is 35.5. The summed E-state index contributed by atoms with van der Waals surface area (Å²) in [6, 6.07) is 10.2. The van der Waals surface area contributed by atoms with Gasteiger partial charge in [0.1, 0.15) is 22.9 Å². The predicted molar refractivity (Wildman–Crippen MR) is 116 cm³/mol. The van der Waals surface area contributed by atoms with Crippen molar-refractivity contribution in [1.82, 2.24) is 20.0 Å². The van der Waals surface area contributed by atoms with Crippen molar-refractivity contribution in [3.05, 3.63) is 54.6 Å². The molecule has 8 nitrogen and oxygen atoms in total. The number of benzene rings is 1. The van der Waals surface area contributed by atoms with Crippen molar-refractivity contribution in [3.8, 4) is 5.69 Å². The smallest absolute Gasteiger partial charge is 0.416 e. The van der Waals surface area contributed by atoms with Gasteiger partial charge in [0.25, 0.3) is 0 Å². The van der Waals surface area contributed by atoms with Gasteiger partial charge >= 0.3 is 6.09 Å². The van der Waals surface area contributed by atoms with E-state index in [4.69, 9.17) is 4.74 Å². The highest BCUT2D eigenvalue weighted by Gasteiger charge is 2.48. The Bertz CT molecular complexity index is 1030. The number of hydrogen-bond acceptors (Lipinski definition) is 5. The summed E-state index contributed by atoms with van der Waals surface area (Å²) >= 11 is 0. The number of aromatic nitrogens is 4. The molecule has 0 bridgehead atoms. The van der Waals surface area contributed by atoms with Crippen molar-refractivity contribution in [2.75, 3.05) is 23.3 Å². The van der Waals surface area contributed by atoms with E-state index in [0.717, 1.165) is 38.0 Å². The number of amides is 1. The summed E-state index contributed by atoms with van der Waals surface area (Å²) in [7, 11) is 0. The number of aromatic amines is 1. The molecule has 5 rings (SSSR count). The van der Waals surface area contributed by atoms with Gasteiger partial charge in [-0.1, -0.05) is 12.1 Å². The van der Waals surface area contributed by atoms with E-state index < -0.39 is 5.60 Å². The lowest BCUT2D eigenvalue weighted by Gasteiger charge is -2.35. The topological polar surface area (TPSA) is 88.1 Å². The van der Waals surface area contributed by atoms with Crippen molar-refractivity contribution in [2.24, 2.45) is 5.92 Å². The zero-order valence-corrected chi connectivity index (χ0v) is 17.6. The molecule has 31 heavy (non-hydrogen) atoms. The van der Waals surface area contributed by atoms with Gasteiger partial charge in [-0.3, -0.25) is 10.00 Å². The Morgan fingerprint density at radius 1 is 1.23 bits per heavy atom. The number of halogens is 2. The Labute approximate surface area is 185 Å². The van der Waals surface area contributed by atoms with Gasteiger partial charge in [0.05, 0.1) is 6.54 Å². The van der Waals surface area contributed by atoms with Crippen molar-refractivity contribution < 1.29 is 13.9 Å². The van der Waals surface area contributed by atoms with Crippen LogP contribution in [0.5, 0.6) is 0 Å². The summed E-state index contributed by atoms with van der Waals surface area (Å²) in [4.78, 5) is 13.9. The third kappa shape index (κ3) is 4.23. The summed E-state index contributed by atoms with van der Waals surface area (Å²) in [5.74, 6) is 1.48. The van der Waals surface area contributed by atoms with Crippen molar-refractivity contribution >= 4 is 30.1 Å². The van der Waals surface area contributed by atoms with E-state index in [9.17, 15) is 9.18 Å². The van der Waals surface area contributed by atoms with Gasteiger partial charge in [0.2, 0.25) is 0 Å². The average Bonchev–Trinajstić information content (AvgIpc) is 3.49. The van der Waals surface area contributed by atoms with E-state index >= 15 is 0 Å². The van der Waals surface area contributed by atoms with Gasteiger partial charge in [-0.15, -0.1) is 12.4 Å². The first-order chi connectivity index (χ1) is 14.6. The molecule has 10 heteroatoms. The molecule has 0 radical (unpaired) electrons. The molecular weight excluding hydrogens is 423 g/mol. The fourth-order valence-corrected chi connectivity index (χ4v) is 4.31. The van der Waals surface area contributed by atoms with Gasteiger partial charge < -0.3 is 10.1 Å². The van der Waals surface area contributed by atoms with Crippen LogP contribution in [0.4, 0.5) is 20.8 Å². The molecule has 1 amide bonds. The first-order valence-electron chi connectivity index (χ1n) is 10.2. The molecule has 1 aromatic carbocycles. The number of nitrogens with one attached hydrogen (secondary N) is 2. The van der Waals surface area contributed by atoms with Crippen LogP contribution in [0.3, 0.4) is 0 Å². The predicted octanol–water partition coefficient (Wildman–Crippen LogP) is 4.15. The van der Waals surface area contributed by atoms with Crippen LogP contribution in [-0.4, -0.2) is 44.8 Å². The summed E-state index contributed by atoms with van der Waals surface area (Å²) < 4.78 is 21.2. The van der Waals surface area contributed by atoms with Crippen LogP contribution in [0, 0.1) is 11.7 Å². The largest absolute Gasteiger partial charge is 0.441 e. The lowest BCUT2D eigenvalue weighted by Crippen LogP contribution is -2.39. The standard InChI is InChI=1S/C21H23FN6O2.ClH/c22-16-3-1-2-4-17(16)28-12-8-18(26-28)23-13-15-5-9-21(10-6-15)14-27(20(29)30-21)19-7-11-24-25-19;/h1-4,7-8,11-12,15H,5-6,9-10,13-14H2,(H,23,26)(H,24,25);1H/t15-,21-;. The molecule has 1 spiro atoms. The lowest BCUT2D eigenvalue weighted by atomic mass is 9.78. The number of rotatable bonds is 5. The SMILES string of the molecule is Cl.O=C1O[C@]2(CC[C@H](CNc3ccn(-c4ccccc4F)n3)CC2)CN1c1cc[nH]n1. The van der Waals surface area contributed by atoms with E-state index in [1.807, 2.05) is 6.07 Å². The quantitative estimate of drug-likeness (QED) is 0.614. The van der Waals surface area contributed by atoms with Gasteiger partial charge in [-0.25, -0.2) is 13.9 Å². The van der Waals surface area contributed by atoms with Crippen LogP contribution < -0.4 is 10.2 Å². The Balaban J connectivity index is 0.00000231. The zero-order chi connectivity index (χ0) is 20.6. The van der Waals surface area contributed by atoms with Crippen LogP contribution in [-0.2, 0) is 4.74 Å². The molecule has 1 aliphatic carbocycles. The Morgan fingerprint density at radius 3 is 2.77 bits per heavy atom. The van der Waals surface area contributed by atoms with E-state index in [0.29, 0.717) is 24.0 Å². The molecule has 2 fully saturated rings. The molecule has 3 aromatic rings. The average molecular weight is 447 g/mol. The molecule has 1 saturated heterocycles. The number of nitrogens with zero attached hydrogens (tertiary/aromatic N) is 4. The minimum atomic E-state index is -0.418. The van der Waals surface area contributed by atoms with Crippen LogP contribution in [0.2, 0.25) is 0 Å². The Hall–Kier alpha value is -3.07. The highest BCUT2D eigenvalue weighted by molar-refractivity contribution is 5.89. The third-order valence-electron chi connectivity index (χ3n) is 6.01. The van der Waals surface area contributed by atoms with Crippen LogP contribution in [0.15, 0.2) is 48.8 Å². The second-order valence-corrected chi connectivity index (χ2v) is 7.99. The second-order valence-electron chi connectivity index (χ2n) is 7.99. The van der Waals surface area contributed by atoms with E-state index in [1.165, 1.54) is 10.7 Å². The summed E-state index contributed by atoms with van der Waals surface area (Å²) in [6.45, 7) is 1.32. The minimum absolute atomic E-state index is 0. The maximum atomic E-state index is 13.9. The maximum absolute atomic E-state index is 13.9. The summed E-state index contributed by atoms with van der Waals surface area (Å²) in [5, 5.41) is 14.6. The molecular formula is C21H24ClFN6O2. The number of para-hydroxylation sites is 1. The number of H-pyrrole nitrogens is 1. The van der Waals surface area contributed by atoms with Gasteiger partial charge in [0, 0.05) is 31.1 Å². The zero-order valence-electron chi connectivity index (χ0n) is 16.8. The van der Waals surface area contributed by atoms with E-state index in [2.05, 4.69) is 20.6 Å². The van der Waals surface area contributed by atoms with Gasteiger partial charge in [-0.05, 0) is 43.7 Å². The second kappa shape index (κ2) is 8.58. The third-order valence-corrected chi connectivity index (χ3v) is 6.01. The minimum Gasteiger partial charge on any atom is -0.441 e. The number of hydrogen-bond donors (Lipinski definition) is 2. The normalized spacial score (nSPS) is 22.9. The number of ether oxygens (including phenoxy) is 1. The Kier molecular flexibility index (Phi) is 5.86. The van der Waals surface area contributed by atoms with Crippen molar-refractivity contribution in [1.29, 1.82) is 0 Å². The number of anilines is 2. The molecule has 164 valence electrons. The molecule has 2 aliphatic rings. The monoisotopic (exact) mass is 446 g/mol. The first-order valence-corrected chi connectivity index (χ1v) is 10.2. The van der Waals surface area contributed by atoms with Crippen LogP contribution in [0.25, 0.3) is 5.69 Å². The van der Waals surface area contributed by atoms with Crippen LogP contribution >= 0.6 is 12.4 Å². The van der Waals surface area contributed by atoms with Crippen molar-refractivity contribution in [2.45, 2.75) is 31.3 Å². The summed E-state index contributed by atoms with van der Waals surface area (Å²) in [6.07, 6.45) is 6.70. The maximum Gasteiger partial charge on any atom is 0.416 e.